The van der Waals surface area contributed by atoms with Gasteiger partial charge in [0, 0.05) is 17.5 Å². The summed E-state index contributed by atoms with van der Waals surface area (Å²) in [5, 5.41) is 28.3. The van der Waals surface area contributed by atoms with Crippen LogP contribution in [0.2, 0.25) is 0 Å². The monoisotopic (exact) mass is 820 g/mol. The third-order valence-electron chi connectivity index (χ3n) is 9.71. The van der Waals surface area contributed by atoms with Crippen LogP contribution >= 0.6 is 0 Å². The van der Waals surface area contributed by atoms with E-state index in [0.717, 1.165) is 0 Å². The number of rotatable bonds is 12. The highest BCUT2D eigenvalue weighted by Crippen LogP contribution is 2.39. The fourth-order valence-electron chi connectivity index (χ4n) is 6.47. The van der Waals surface area contributed by atoms with Gasteiger partial charge in [0.25, 0.3) is 0 Å². The summed E-state index contributed by atoms with van der Waals surface area (Å²) in [6.45, 7) is 11.5. The molecule has 4 aromatic carbocycles. The highest BCUT2D eigenvalue weighted by atomic mass is 16.5. The molecule has 8 rings (SSSR count). The number of pyridine rings is 4. The van der Waals surface area contributed by atoms with Crippen molar-refractivity contribution in [2.45, 2.75) is 19.3 Å². The van der Waals surface area contributed by atoms with Gasteiger partial charge in [-0.05, 0) is 117 Å². The van der Waals surface area contributed by atoms with E-state index in [1.807, 2.05) is 50.2 Å². The zero-order valence-corrected chi connectivity index (χ0v) is 33.7. The lowest BCUT2D eigenvalue weighted by atomic mass is 9.84. The molecule has 63 heavy (non-hydrogen) atoms. The van der Waals surface area contributed by atoms with E-state index in [2.05, 4.69) is 23.1 Å². The molecule has 0 radical (unpaired) electrons. The van der Waals surface area contributed by atoms with Gasteiger partial charge in [-0.1, -0.05) is 42.5 Å². The molecule has 8 aromatic rings. The third kappa shape index (κ3) is 9.28. The first kappa shape index (κ1) is 40.4. The fraction of sp³-hybridized carbons (Fsp3) is 0.0588. The van der Waals surface area contributed by atoms with Gasteiger partial charge in [0.2, 0.25) is 23.5 Å². The summed E-state index contributed by atoms with van der Waals surface area (Å²) >= 11 is 0. The zero-order chi connectivity index (χ0) is 43.8. The Morgan fingerprint density at radius 2 is 0.857 bits per heavy atom. The molecule has 0 bridgehead atoms. The third-order valence-corrected chi connectivity index (χ3v) is 9.71. The maximum absolute atomic E-state index is 9.55. The lowest BCUT2D eigenvalue weighted by Gasteiger charge is -2.25. The number of ether oxygens (including phenoxy) is 4. The molecule has 4 aromatic heterocycles. The van der Waals surface area contributed by atoms with Crippen molar-refractivity contribution in [1.29, 1.82) is 15.8 Å². The average molecular weight is 821 g/mol. The molecule has 12 heteroatoms. The molecule has 12 nitrogen and oxygen atoms in total. The van der Waals surface area contributed by atoms with Crippen molar-refractivity contribution in [3.8, 4) is 87.2 Å². The van der Waals surface area contributed by atoms with Gasteiger partial charge in [-0.3, -0.25) is 9.97 Å². The van der Waals surface area contributed by atoms with Gasteiger partial charge in [-0.25, -0.2) is 4.85 Å². The second-order valence-corrected chi connectivity index (χ2v) is 14.4. The molecular weight excluding hydrogens is 789 g/mol. The molecule has 0 spiro atoms. The van der Waals surface area contributed by atoms with Gasteiger partial charge in [0.15, 0.2) is 5.69 Å². The smallest absolute Gasteiger partial charge is 0.231 e. The van der Waals surface area contributed by atoms with E-state index in [1.54, 1.807) is 121 Å². The molecule has 300 valence electrons. The molecule has 0 saturated carbocycles. The molecule has 0 N–H and O–H groups in total. The minimum absolute atomic E-state index is 0.189. The first-order valence-corrected chi connectivity index (χ1v) is 19.4. The first-order chi connectivity index (χ1) is 30.7. The van der Waals surface area contributed by atoms with Gasteiger partial charge in [0.05, 0.1) is 75.4 Å². The second kappa shape index (κ2) is 17.9. The van der Waals surface area contributed by atoms with E-state index in [0.29, 0.717) is 79.3 Å². The SMILES string of the molecule is [C-]#[N+]c1cccc(Oc2nc(Oc3cccc(C#N)c3)ccc2-c2cccc(C(C)(C)c3cccc(-c4ccc(Oc5cccc(C#N)c5)nc4Oc4cccc(C#N)c4)n3)n2)c1. The summed E-state index contributed by atoms with van der Waals surface area (Å²) in [7, 11) is 0. The van der Waals surface area contributed by atoms with Crippen LogP contribution in [-0.2, 0) is 5.41 Å². The standard InChI is InChI=1S/C51H32N8O4/c1-51(2,45-20-8-18-43(56-45)41-22-24-47(60-37-14-4-10-33(26-37)30-52)58-49(41)62-39-16-6-12-35(28-39)32-54)46-21-9-19-44(57-46)42-23-25-48(61-38-15-5-11-34(27-38)31-53)59-50(42)63-40-17-7-13-36(29-40)55-3/h4-29H,1-2H3. The number of hydrogen-bond acceptors (Lipinski definition) is 11. The summed E-state index contributed by atoms with van der Waals surface area (Å²) in [6, 6.07) is 51.8. The van der Waals surface area contributed by atoms with Crippen LogP contribution in [0.4, 0.5) is 5.69 Å². The van der Waals surface area contributed by atoms with Crippen molar-refractivity contribution >= 4 is 5.69 Å². The largest absolute Gasteiger partial charge is 0.440 e. The summed E-state index contributed by atoms with van der Waals surface area (Å²) in [4.78, 5) is 23.2. The Kier molecular flexibility index (Phi) is 11.5. The predicted octanol–water partition coefficient (Wildman–Crippen LogP) is 12.3. The van der Waals surface area contributed by atoms with Crippen molar-refractivity contribution in [3.05, 3.63) is 197 Å². The molecule has 0 amide bonds. The van der Waals surface area contributed by atoms with E-state index in [-0.39, 0.29) is 23.5 Å². The number of nitriles is 3. The molecule has 0 aliphatic heterocycles. The van der Waals surface area contributed by atoms with Crippen LogP contribution in [-0.4, -0.2) is 19.9 Å². The number of nitrogens with zero attached hydrogens (tertiary/aromatic N) is 8. The van der Waals surface area contributed by atoms with Crippen molar-refractivity contribution in [2.24, 2.45) is 0 Å². The molecular formula is C51H32N8O4. The normalized spacial score (nSPS) is 10.6. The molecule has 0 atom stereocenters. The summed E-state index contributed by atoms with van der Waals surface area (Å²) in [5.74, 6) is 2.50. The Hall–Kier alpha value is -9.36. The molecule has 0 fully saturated rings. The van der Waals surface area contributed by atoms with E-state index >= 15 is 0 Å². The van der Waals surface area contributed by atoms with Crippen LogP contribution in [0.5, 0.6) is 46.5 Å². The maximum Gasteiger partial charge on any atom is 0.231 e. The Morgan fingerprint density at radius 3 is 1.29 bits per heavy atom. The maximum atomic E-state index is 9.55. The van der Waals surface area contributed by atoms with Crippen LogP contribution in [0, 0.1) is 40.6 Å². The van der Waals surface area contributed by atoms with Gasteiger partial charge in [-0.2, -0.15) is 25.8 Å². The summed E-state index contributed by atoms with van der Waals surface area (Å²) in [6.07, 6.45) is 0. The zero-order valence-electron chi connectivity index (χ0n) is 33.7. The van der Waals surface area contributed by atoms with Crippen molar-refractivity contribution in [1.82, 2.24) is 19.9 Å². The summed E-state index contributed by atoms with van der Waals surface area (Å²) in [5.41, 5.74) is 4.61. The van der Waals surface area contributed by atoms with Crippen LogP contribution in [0.15, 0.2) is 158 Å². The molecule has 4 heterocycles. The highest BCUT2D eigenvalue weighted by Gasteiger charge is 2.28. The Bertz CT molecular complexity index is 2980. The van der Waals surface area contributed by atoms with Crippen LogP contribution < -0.4 is 18.9 Å². The minimum atomic E-state index is -0.746. The highest BCUT2D eigenvalue weighted by molar-refractivity contribution is 5.68. The summed E-state index contributed by atoms with van der Waals surface area (Å²) < 4.78 is 24.7. The van der Waals surface area contributed by atoms with Gasteiger partial charge >= 0.3 is 0 Å². The predicted molar refractivity (Wildman–Crippen MR) is 234 cm³/mol. The fourth-order valence-corrected chi connectivity index (χ4v) is 6.47. The van der Waals surface area contributed by atoms with E-state index < -0.39 is 5.41 Å². The lowest BCUT2D eigenvalue weighted by molar-refractivity contribution is 0.427. The van der Waals surface area contributed by atoms with Crippen molar-refractivity contribution in [2.75, 3.05) is 0 Å². The van der Waals surface area contributed by atoms with E-state index in [4.69, 9.17) is 45.5 Å². The Morgan fingerprint density at radius 1 is 0.460 bits per heavy atom. The molecule has 0 unspecified atom stereocenters. The van der Waals surface area contributed by atoms with Crippen LogP contribution in [0.1, 0.15) is 41.9 Å². The van der Waals surface area contributed by atoms with Crippen molar-refractivity contribution < 1.29 is 18.9 Å². The van der Waals surface area contributed by atoms with E-state index in [1.165, 1.54) is 0 Å². The number of hydrogen-bond donors (Lipinski definition) is 0. The van der Waals surface area contributed by atoms with Crippen molar-refractivity contribution in [3.63, 3.8) is 0 Å². The second-order valence-electron chi connectivity index (χ2n) is 14.4. The molecule has 0 saturated heterocycles. The first-order valence-electron chi connectivity index (χ1n) is 19.4. The lowest BCUT2D eigenvalue weighted by Crippen LogP contribution is -2.22. The van der Waals surface area contributed by atoms with Gasteiger partial charge < -0.3 is 18.9 Å². The minimum Gasteiger partial charge on any atom is -0.440 e. The Balaban J connectivity index is 1.15. The topological polar surface area (TPSA) is 164 Å². The van der Waals surface area contributed by atoms with Crippen LogP contribution in [0.3, 0.4) is 0 Å². The van der Waals surface area contributed by atoms with Gasteiger partial charge in [0.1, 0.15) is 23.0 Å². The quantitative estimate of drug-likeness (QED) is 0.108. The molecule has 0 aliphatic carbocycles. The number of benzene rings is 4. The average Bonchev–Trinajstić information content (AvgIpc) is 3.32. The number of aromatic nitrogens is 4. The van der Waals surface area contributed by atoms with Gasteiger partial charge in [-0.15, -0.1) is 0 Å². The van der Waals surface area contributed by atoms with Crippen LogP contribution in [0.25, 0.3) is 27.4 Å². The Labute approximate surface area is 362 Å². The molecule has 0 aliphatic rings. The van der Waals surface area contributed by atoms with E-state index in [9.17, 15) is 15.8 Å².